The minimum absolute atomic E-state index is 0.0972. The van der Waals surface area contributed by atoms with Crippen molar-refractivity contribution in [3.8, 4) is 15.9 Å². The van der Waals surface area contributed by atoms with E-state index in [4.69, 9.17) is 10.00 Å². The molecule has 4 nitrogen and oxygen atoms in total. The molecule has 0 heterocycles. The first-order valence-corrected chi connectivity index (χ1v) is 6.70. The highest BCUT2D eigenvalue weighted by Crippen LogP contribution is 2.11. The molecule has 1 amide bonds. The van der Waals surface area contributed by atoms with Crippen LogP contribution in [0.5, 0.6) is 0 Å². The molecule has 0 aromatic heterocycles. The minimum atomic E-state index is -1.01. The predicted molar refractivity (Wildman–Crippen MR) is 78.8 cm³/mol. The van der Waals surface area contributed by atoms with Crippen LogP contribution in [-0.4, -0.2) is 18.7 Å². The van der Waals surface area contributed by atoms with Crippen molar-refractivity contribution in [1.82, 2.24) is 5.32 Å². The smallest absolute Gasteiger partial charge is 0.254 e. The minimum Gasteiger partial charge on any atom is -0.332 e. The van der Waals surface area contributed by atoms with Crippen LogP contribution >= 0.6 is 38.5 Å². The number of hydrogen-bond donors (Lipinski definition) is 1. The molecule has 0 saturated heterocycles. The molecule has 0 saturated carbocycles. The summed E-state index contributed by atoms with van der Waals surface area (Å²) in [5.74, 6) is 2.27. The Hall–Kier alpha value is -1.09. The molecular formula is C12H8BrIN2O2. The Kier molecular flexibility index (Phi) is 6.73. The van der Waals surface area contributed by atoms with E-state index in [9.17, 15) is 4.79 Å². The van der Waals surface area contributed by atoms with Gasteiger partial charge in [0, 0.05) is 32.6 Å². The highest BCUT2D eigenvalue weighted by Gasteiger charge is 2.12. The second-order valence-electron chi connectivity index (χ2n) is 3.08. The highest BCUT2D eigenvalue weighted by atomic mass is 127. The number of halogens is 2. The van der Waals surface area contributed by atoms with Crippen molar-refractivity contribution in [2.75, 3.05) is 6.61 Å². The van der Waals surface area contributed by atoms with Crippen LogP contribution < -0.4 is 5.32 Å². The molecule has 0 aliphatic heterocycles. The van der Waals surface area contributed by atoms with E-state index < -0.39 is 6.23 Å². The van der Waals surface area contributed by atoms with E-state index in [1.807, 2.05) is 34.7 Å². The number of rotatable bonds is 4. The summed E-state index contributed by atoms with van der Waals surface area (Å²) in [6.45, 7) is 0.0972. The van der Waals surface area contributed by atoms with Crippen LogP contribution in [0.4, 0.5) is 0 Å². The van der Waals surface area contributed by atoms with Gasteiger partial charge in [0.15, 0.2) is 0 Å². The summed E-state index contributed by atoms with van der Waals surface area (Å²) >= 11 is 5.14. The zero-order valence-electron chi connectivity index (χ0n) is 9.11. The first-order chi connectivity index (χ1) is 8.67. The second kappa shape index (κ2) is 8.09. The number of hydrogen-bond acceptors (Lipinski definition) is 3. The van der Waals surface area contributed by atoms with Gasteiger partial charge in [0.2, 0.25) is 6.23 Å². The molecule has 0 aliphatic rings. The number of nitriles is 1. The van der Waals surface area contributed by atoms with Crippen LogP contribution in [0.25, 0.3) is 0 Å². The lowest BCUT2D eigenvalue weighted by Crippen LogP contribution is -2.35. The molecule has 0 spiro atoms. The van der Waals surface area contributed by atoms with E-state index >= 15 is 0 Å². The van der Waals surface area contributed by atoms with Crippen LogP contribution in [0, 0.1) is 21.2 Å². The molecule has 1 aromatic rings. The Morgan fingerprint density at radius 2 is 2.39 bits per heavy atom. The lowest BCUT2D eigenvalue weighted by Gasteiger charge is -2.10. The fraction of sp³-hybridized carbons (Fsp3) is 0.167. The van der Waals surface area contributed by atoms with Gasteiger partial charge in [0.05, 0.1) is 0 Å². The van der Waals surface area contributed by atoms with E-state index in [2.05, 4.69) is 31.1 Å². The van der Waals surface area contributed by atoms with Gasteiger partial charge in [0.25, 0.3) is 5.91 Å². The van der Waals surface area contributed by atoms with Gasteiger partial charge in [-0.1, -0.05) is 27.9 Å². The average molecular weight is 419 g/mol. The summed E-state index contributed by atoms with van der Waals surface area (Å²) in [4.78, 5) is 11.8. The number of benzene rings is 1. The van der Waals surface area contributed by atoms with E-state index in [-0.39, 0.29) is 12.5 Å². The maximum Gasteiger partial charge on any atom is 0.254 e. The molecule has 18 heavy (non-hydrogen) atoms. The van der Waals surface area contributed by atoms with Crippen molar-refractivity contribution in [2.24, 2.45) is 0 Å². The van der Waals surface area contributed by atoms with Gasteiger partial charge in [-0.15, -0.1) is 0 Å². The molecule has 1 atom stereocenters. The molecule has 1 rings (SSSR count). The van der Waals surface area contributed by atoms with Crippen molar-refractivity contribution in [3.05, 3.63) is 34.3 Å². The van der Waals surface area contributed by atoms with Crippen molar-refractivity contribution < 1.29 is 9.53 Å². The SMILES string of the molecule is N#CC(NC(=O)c1cccc(Br)c1)OCC#CI. The van der Waals surface area contributed by atoms with Crippen LogP contribution in [-0.2, 0) is 4.74 Å². The Labute approximate surface area is 127 Å². The molecule has 0 bridgehead atoms. The Morgan fingerprint density at radius 1 is 1.61 bits per heavy atom. The van der Waals surface area contributed by atoms with Gasteiger partial charge < -0.3 is 10.1 Å². The lowest BCUT2D eigenvalue weighted by molar-refractivity contribution is 0.0685. The summed E-state index contributed by atoms with van der Waals surface area (Å²) in [6, 6.07) is 8.70. The molecule has 6 heteroatoms. The topological polar surface area (TPSA) is 62.1 Å². The van der Waals surface area contributed by atoms with Crippen LogP contribution in [0.2, 0.25) is 0 Å². The molecule has 1 unspecified atom stereocenters. The first-order valence-electron chi connectivity index (χ1n) is 4.83. The summed E-state index contributed by atoms with van der Waals surface area (Å²) < 4.78 is 8.47. The van der Waals surface area contributed by atoms with E-state index in [0.29, 0.717) is 5.56 Å². The number of nitrogens with zero attached hydrogens (tertiary/aromatic N) is 1. The third kappa shape index (κ3) is 5.05. The van der Waals surface area contributed by atoms with Crippen molar-refractivity contribution >= 4 is 44.4 Å². The van der Waals surface area contributed by atoms with Crippen LogP contribution in [0.15, 0.2) is 28.7 Å². The maximum atomic E-state index is 11.8. The molecule has 0 aliphatic carbocycles. The summed E-state index contributed by atoms with van der Waals surface area (Å²) in [6.07, 6.45) is -1.01. The standard InChI is InChI=1S/C12H8BrIN2O2/c13-10-4-1-3-9(7-10)12(17)16-11(8-15)18-6-2-5-14/h1,3-4,7,11H,6H2,(H,16,17). The predicted octanol–water partition coefficient (Wildman–Crippen LogP) is 2.44. The van der Waals surface area contributed by atoms with Crippen LogP contribution in [0.1, 0.15) is 10.4 Å². The number of carbonyl (C=O) groups is 1. The van der Waals surface area contributed by atoms with E-state index in [0.717, 1.165) is 4.47 Å². The summed E-state index contributed by atoms with van der Waals surface area (Å²) in [5.41, 5.74) is 0.452. The normalized spacial score (nSPS) is 10.7. The zero-order valence-corrected chi connectivity index (χ0v) is 12.9. The quantitative estimate of drug-likeness (QED) is 0.464. The maximum absolute atomic E-state index is 11.8. The first kappa shape index (κ1) is 15.0. The monoisotopic (exact) mass is 418 g/mol. The van der Waals surface area contributed by atoms with Crippen LogP contribution in [0.3, 0.4) is 0 Å². The fourth-order valence-electron chi connectivity index (χ4n) is 1.10. The van der Waals surface area contributed by atoms with Gasteiger partial charge in [0.1, 0.15) is 12.7 Å². The molecular weight excluding hydrogens is 411 g/mol. The summed E-state index contributed by atoms with van der Waals surface area (Å²) in [5, 5.41) is 11.3. The number of nitrogens with one attached hydrogen (secondary N) is 1. The Bertz CT molecular complexity index is 531. The highest BCUT2D eigenvalue weighted by molar-refractivity contribution is 14.1. The molecule has 92 valence electrons. The second-order valence-corrected chi connectivity index (χ2v) is 4.53. The number of ether oxygens (including phenoxy) is 1. The fourth-order valence-corrected chi connectivity index (χ4v) is 1.65. The molecule has 0 fully saturated rings. The summed E-state index contributed by atoms with van der Waals surface area (Å²) in [7, 11) is 0. The average Bonchev–Trinajstić information content (AvgIpc) is 2.37. The van der Waals surface area contributed by atoms with Gasteiger partial charge >= 0.3 is 0 Å². The van der Waals surface area contributed by atoms with Crippen molar-refractivity contribution in [1.29, 1.82) is 5.26 Å². The van der Waals surface area contributed by atoms with Gasteiger partial charge in [-0.2, -0.15) is 5.26 Å². The number of amides is 1. The van der Waals surface area contributed by atoms with Gasteiger partial charge in [-0.25, -0.2) is 0 Å². The van der Waals surface area contributed by atoms with Crippen molar-refractivity contribution in [3.63, 3.8) is 0 Å². The molecule has 1 N–H and O–H groups in total. The molecule has 0 radical (unpaired) electrons. The largest absolute Gasteiger partial charge is 0.332 e. The van der Waals surface area contributed by atoms with Crippen molar-refractivity contribution in [2.45, 2.75) is 6.23 Å². The van der Waals surface area contributed by atoms with E-state index in [1.54, 1.807) is 18.2 Å². The van der Waals surface area contributed by atoms with Gasteiger partial charge in [-0.05, 0) is 22.1 Å². The van der Waals surface area contributed by atoms with E-state index in [1.165, 1.54) is 0 Å². The number of carbonyl (C=O) groups excluding carboxylic acids is 1. The zero-order chi connectivity index (χ0) is 13.4. The molecule has 1 aromatic carbocycles. The Morgan fingerprint density at radius 3 is 3.00 bits per heavy atom. The third-order valence-corrected chi connectivity index (χ3v) is 2.73. The lowest BCUT2D eigenvalue weighted by atomic mass is 10.2. The van der Waals surface area contributed by atoms with Gasteiger partial charge in [-0.3, -0.25) is 4.79 Å². The third-order valence-electron chi connectivity index (χ3n) is 1.86. The Balaban J connectivity index is 2.62.